The number of nitrogens with one attached hydrogen (secondary N) is 2. The van der Waals surface area contributed by atoms with Crippen LogP contribution in [-0.4, -0.2) is 25.0 Å². The molecule has 0 aromatic rings. The lowest BCUT2D eigenvalue weighted by molar-refractivity contribution is -0.139. The first-order valence-electron chi connectivity index (χ1n) is 4.47. The fourth-order valence-electron chi connectivity index (χ4n) is 0.875. The van der Waals surface area contributed by atoms with E-state index in [4.69, 9.17) is 0 Å². The summed E-state index contributed by atoms with van der Waals surface area (Å²) >= 11 is 0. The van der Waals surface area contributed by atoms with Crippen molar-refractivity contribution in [2.45, 2.75) is 0 Å². The standard InChI is InChI=1S/C10H10N2O5/c1-6-11-5-7(10(15)12-6)17-9(14)4-3-8(13)16-2/h3-5,11H,1H2,2H3,(H,12,15)/b4-3+. The highest BCUT2D eigenvalue weighted by Crippen LogP contribution is 2.03. The minimum Gasteiger partial charge on any atom is -0.466 e. The van der Waals surface area contributed by atoms with Gasteiger partial charge >= 0.3 is 11.9 Å². The Hall–Kier alpha value is -2.57. The molecular formula is C10H10N2O5. The van der Waals surface area contributed by atoms with Gasteiger partial charge in [0.15, 0.2) is 0 Å². The van der Waals surface area contributed by atoms with Crippen LogP contribution in [0.25, 0.3) is 0 Å². The molecule has 0 atom stereocenters. The molecule has 1 amide bonds. The zero-order valence-electron chi connectivity index (χ0n) is 8.98. The summed E-state index contributed by atoms with van der Waals surface area (Å²) in [6, 6.07) is 0. The number of esters is 2. The van der Waals surface area contributed by atoms with Crippen LogP contribution in [0.4, 0.5) is 0 Å². The van der Waals surface area contributed by atoms with E-state index in [9.17, 15) is 14.4 Å². The summed E-state index contributed by atoms with van der Waals surface area (Å²) in [5, 5.41) is 4.87. The van der Waals surface area contributed by atoms with Crippen molar-refractivity contribution in [3.05, 3.63) is 36.5 Å². The number of amides is 1. The molecule has 7 heteroatoms. The third-order valence-corrected chi connectivity index (χ3v) is 1.63. The molecule has 0 aromatic carbocycles. The first-order valence-corrected chi connectivity index (χ1v) is 4.47. The van der Waals surface area contributed by atoms with E-state index in [0.29, 0.717) is 0 Å². The SMILES string of the molecule is C=C1NC=C(OC(=O)/C=C/C(=O)OC)C(=O)N1. The van der Waals surface area contributed by atoms with Gasteiger partial charge in [0, 0.05) is 12.2 Å². The molecule has 0 aromatic heterocycles. The van der Waals surface area contributed by atoms with Crippen LogP contribution in [0.1, 0.15) is 0 Å². The lowest BCUT2D eigenvalue weighted by atomic mass is 10.4. The van der Waals surface area contributed by atoms with Crippen molar-refractivity contribution in [3.8, 4) is 0 Å². The largest absolute Gasteiger partial charge is 0.466 e. The molecule has 0 radical (unpaired) electrons. The van der Waals surface area contributed by atoms with Gasteiger partial charge in [0.05, 0.1) is 13.3 Å². The van der Waals surface area contributed by atoms with Gasteiger partial charge in [-0.25, -0.2) is 9.59 Å². The molecule has 1 aliphatic heterocycles. The number of methoxy groups -OCH3 is 1. The van der Waals surface area contributed by atoms with Gasteiger partial charge in [-0.15, -0.1) is 0 Å². The van der Waals surface area contributed by atoms with Crippen molar-refractivity contribution >= 4 is 17.8 Å². The van der Waals surface area contributed by atoms with E-state index in [1.807, 2.05) is 0 Å². The minimum atomic E-state index is -0.869. The zero-order valence-corrected chi connectivity index (χ0v) is 8.98. The molecule has 0 bridgehead atoms. The van der Waals surface area contributed by atoms with Crippen molar-refractivity contribution < 1.29 is 23.9 Å². The maximum Gasteiger partial charge on any atom is 0.336 e. The van der Waals surface area contributed by atoms with Crippen LogP contribution in [-0.2, 0) is 23.9 Å². The topological polar surface area (TPSA) is 93.7 Å². The summed E-state index contributed by atoms with van der Waals surface area (Å²) in [4.78, 5) is 33.1. The number of hydrogen-bond donors (Lipinski definition) is 2. The Morgan fingerprint density at radius 2 is 2.00 bits per heavy atom. The predicted octanol–water partition coefficient (Wildman–Crippen LogP) is -0.709. The van der Waals surface area contributed by atoms with Gasteiger partial charge in [0.2, 0.25) is 5.76 Å². The number of carbonyl (C=O) groups excluding carboxylic acids is 3. The van der Waals surface area contributed by atoms with Crippen LogP contribution < -0.4 is 10.6 Å². The van der Waals surface area contributed by atoms with E-state index in [-0.39, 0.29) is 11.6 Å². The third kappa shape index (κ3) is 3.82. The molecule has 1 aliphatic rings. The van der Waals surface area contributed by atoms with Gasteiger partial charge in [0.25, 0.3) is 5.91 Å². The molecule has 0 saturated heterocycles. The van der Waals surface area contributed by atoms with Gasteiger partial charge in [-0.1, -0.05) is 6.58 Å². The number of hydrogen-bond acceptors (Lipinski definition) is 6. The molecule has 0 unspecified atom stereocenters. The number of rotatable bonds is 3. The molecule has 0 saturated carbocycles. The summed E-state index contributed by atoms with van der Waals surface area (Å²) in [7, 11) is 1.17. The molecule has 1 heterocycles. The second-order valence-electron chi connectivity index (χ2n) is 2.86. The second kappa shape index (κ2) is 5.50. The molecule has 1 rings (SSSR count). The summed E-state index contributed by atoms with van der Waals surface area (Å²) in [6.45, 7) is 3.45. The quantitative estimate of drug-likeness (QED) is 0.498. The minimum absolute atomic E-state index is 0.225. The van der Waals surface area contributed by atoms with Crippen molar-refractivity contribution in [1.82, 2.24) is 10.6 Å². The average molecular weight is 238 g/mol. The Morgan fingerprint density at radius 3 is 2.59 bits per heavy atom. The van der Waals surface area contributed by atoms with Crippen LogP contribution in [0, 0.1) is 0 Å². The number of ether oxygens (including phenoxy) is 2. The van der Waals surface area contributed by atoms with Gasteiger partial charge < -0.3 is 20.1 Å². The van der Waals surface area contributed by atoms with E-state index in [0.717, 1.165) is 12.2 Å². The van der Waals surface area contributed by atoms with Crippen molar-refractivity contribution in [2.24, 2.45) is 0 Å². The molecule has 0 aliphatic carbocycles. The average Bonchev–Trinajstić information content (AvgIpc) is 2.29. The first-order chi connectivity index (χ1) is 8.02. The van der Waals surface area contributed by atoms with Gasteiger partial charge in [-0.05, 0) is 0 Å². The lowest BCUT2D eigenvalue weighted by Gasteiger charge is -2.15. The fraction of sp³-hybridized carbons (Fsp3) is 0.100. The van der Waals surface area contributed by atoms with Crippen LogP contribution in [0.15, 0.2) is 36.5 Å². The molecule has 0 spiro atoms. The molecule has 90 valence electrons. The van der Waals surface area contributed by atoms with Crippen LogP contribution in [0.5, 0.6) is 0 Å². The lowest BCUT2D eigenvalue weighted by Crippen LogP contribution is -2.36. The highest BCUT2D eigenvalue weighted by atomic mass is 16.5. The second-order valence-corrected chi connectivity index (χ2v) is 2.86. The molecular weight excluding hydrogens is 228 g/mol. The first kappa shape index (κ1) is 12.5. The van der Waals surface area contributed by atoms with E-state index in [1.165, 1.54) is 13.3 Å². The maximum atomic E-state index is 11.3. The summed E-state index contributed by atoms with van der Waals surface area (Å²) in [5.41, 5.74) is 0. The summed E-state index contributed by atoms with van der Waals surface area (Å²) in [6.07, 6.45) is 2.92. The number of carbonyl (C=O) groups is 3. The van der Waals surface area contributed by atoms with Gasteiger partial charge in [0.1, 0.15) is 5.82 Å². The smallest absolute Gasteiger partial charge is 0.336 e. The third-order valence-electron chi connectivity index (χ3n) is 1.63. The summed E-state index contributed by atoms with van der Waals surface area (Å²) in [5.74, 6) is -2.12. The summed E-state index contributed by atoms with van der Waals surface area (Å²) < 4.78 is 8.93. The van der Waals surface area contributed by atoms with Crippen molar-refractivity contribution in [1.29, 1.82) is 0 Å². The predicted molar refractivity (Wildman–Crippen MR) is 55.7 cm³/mol. The van der Waals surface area contributed by atoms with Crippen molar-refractivity contribution in [3.63, 3.8) is 0 Å². The molecule has 2 N–H and O–H groups in total. The van der Waals surface area contributed by atoms with Gasteiger partial charge in [-0.2, -0.15) is 0 Å². The van der Waals surface area contributed by atoms with E-state index in [2.05, 4.69) is 26.7 Å². The molecule has 7 nitrogen and oxygen atoms in total. The monoisotopic (exact) mass is 238 g/mol. The Morgan fingerprint density at radius 1 is 1.35 bits per heavy atom. The Labute approximate surface area is 96.8 Å². The van der Waals surface area contributed by atoms with E-state index in [1.54, 1.807) is 0 Å². The highest BCUT2D eigenvalue weighted by molar-refractivity contribution is 5.98. The highest BCUT2D eigenvalue weighted by Gasteiger charge is 2.18. The van der Waals surface area contributed by atoms with Crippen LogP contribution >= 0.6 is 0 Å². The van der Waals surface area contributed by atoms with Gasteiger partial charge in [-0.3, -0.25) is 4.79 Å². The van der Waals surface area contributed by atoms with Crippen molar-refractivity contribution in [2.75, 3.05) is 7.11 Å². The normalized spacial score (nSPS) is 14.8. The zero-order chi connectivity index (χ0) is 12.8. The fourth-order valence-corrected chi connectivity index (χ4v) is 0.875. The Bertz CT molecular complexity index is 436. The van der Waals surface area contributed by atoms with E-state index < -0.39 is 17.8 Å². The van der Waals surface area contributed by atoms with E-state index >= 15 is 0 Å². The Kier molecular flexibility index (Phi) is 4.04. The van der Waals surface area contributed by atoms with Crippen LogP contribution in [0.2, 0.25) is 0 Å². The van der Waals surface area contributed by atoms with Crippen LogP contribution in [0.3, 0.4) is 0 Å². The molecule has 0 fully saturated rings. The molecule has 17 heavy (non-hydrogen) atoms. The maximum absolute atomic E-state index is 11.3. The Balaban J connectivity index is 2.57.